The van der Waals surface area contributed by atoms with E-state index in [-0.39, 0.29) is 0 Å². The first kappa shape index (κ1) is 20.3. The predicted molar refractivity (Wildman–Crippen MR) is 97.9 cm³/mol. The van der Waals surface area contributed by atoms with Gasteiger partial charge in [-0.1, -0.05) is 103 Å². The maximum atomic E-state index is 2.30. The van der Waals surface area contributed by atoms with Crippen LogP contribution < -0.4 is 0 Å². The van der Waals surface area contributed by atoms with Gasteiger partial charge in [-0.3, -0.25) is 0 Å². The molecule has 122 valence electrons. The summed E-state index contributed by atoms with van der Waals surface area (Å²) in [5.41, 5.74) is 0. The van der Waals surface area contributed by atoms with Crippen molar-refractivity contribution in [3.05, 3.63) is 0 Å². The van der Waals surface area contributed by atoms with Crippen LogP contribution in [0.5, 0.6) is 0 Å². The molecule has 0 aromatic rings. The van der Waals surface area contributed by atoms with Crippen LogP contribution in [0, 0.1) is 0 Å². The van der Waals surface area contributed by atoms with Gasteiger partial charge in [-0.2, -0.15) is 11.8 Å². The molecule has 0 fully saturated rings. The van der Waals surface area contributed by atoms with Crippen molar-refractivity contribution in [2.75, 3.05) is 12.0 Å². The van der Waals surface area contributed by atoms with Gasteiger partial charge in [-0.25, -0.2) is 0 Å². The van der Waals surface area contributed by atoms with E-state index in [1.807, 2.05) is 11.8 Å². The van der Waals surface area contributed by atoms with Crippen molar-refractivity contribution in [1.29, 1.82) is 0 Å². The van der Waals surface area contributed by atoms with Gasteiger partial charge in [0.25, 0.3) is 0 Å². The van der Waals surface area contributed by atoms with Crippen molar-refractivity contribution in [3.8, 4) is 0 Å². The van der Waals surface area contributed by atoms with Gasteiger partial charge in [0.2, 0.25) is 0 Å². The average molecular weight is 301 g/mol. The van der Waals surface area contributed by atoms with Crippen molar-refractivity contribution < 1.29 is 0 Å². The van der Waals surface area contributed by atoms with Crippen LogP contribution in [0.1, 0.15) is 110 Å². The molecule has 0 saturated carbocycles. The molecular weight excluding hydrogens is 260 g/mol. The third-order valence-corrected chi connectivity index (χ3v) is 4.90. The minimum absolute atomic E-state index is 1.36. The van der Waals surface area contributed by atoms with Crippen LogP contribution in [-0.4, -0.2) is 12.0 Å². The molecular formula is C19H40S. The first-order valence-electron chi connectivity index (χ1n) is 9.40. The number of thioether (sulfide) groups is 1. The first-order chi connectivity index (χ1) is 9.91. The van der Waals surface area contributed by atoms with Crippen LogP contribution in [0.2, 0.25) is 0 Å². The van der Waals surface area contributed by atoms with E-state index in [2.05, 4.69) is 13.2 Å². The summed E-state index contributed by atoms with van der Waals surface area (Å²) in [7, 11) is 0. The van der Waals surface area contributed by atoms with E-state index < -0.39 is 0 Å². The molecule has 0 rings (SSSR count). The second-order valence-electron chi connectivity index (χ2n) is 6.30. The molecule has 0 amide bonds. The smallest absolute Gasteiger partial charge is 0.00703 e. The van der Waals surface area contributed by atoms with Crippen molar-refractivity contribution >= 4 is 11.8 Å². The lowest BCUT2D eigenvalue weighted by Crippen LogP contribution is -1.84. The Morgan fingerprint density at radius 2 is 0.750 bits per heavy atom. The third kappa shape index (κ3) is 18.4. The van der Waals surface area contributed by atoms with Gasteiger partial charge in [0.15, 0.2) is 0 Å². The Hall–Kier alpha value is 0.350. The zero-order valence-corrected chi connectivity index (χ0v) is 15.2. The fourth-order valence-electron chi connectivity index (χ4n) is 2.79. The molecule has 0 aliphatic rings. The summed E-state index contributed by atoms with van der Waals surface area (Å²) < 4.78 is 0. The SMILES string of the molecule is CCCCCCCCCCCCCCCCCCSC. The highest BCUT2D eigenvalue weighted by Gasteiger charge is 1.94. The summed E-state index contributed by atoms with van der Waals surface area (Å²) in [6.45, 7) is 2.30. The van der Waals surface area contributed by atoms with Gasteiger partial charge < -0.3 is 0 Å². The average Bonchev–Trinajstić information content (AvgIpc) is 2.47. The van der Waals surface area contributed by atoms with Gasteiger partial charge in [-0.05, 0) is 18.4 Å². The summed E-state index contributed by atoms with van der Waals surface area (Å²) in [6, 6.07) is 0. The van der Waals surface area contributed by atoms with Crippen molar-refractivity contribution in [1.82, 2.24) is 0 Å². The molecule has 0 N–H and O–H groups in total. The van der Waals surface area contributed by atoms with E-state index >= 15 is 0 Å². The van der Waals surface area contributed by atoms with Crippen LogP contribution in [0.15, 0.2) is 0 Å². The van der Waals surface area contributed by atoms with Crippen LogP contribution >= 0.6 is 11.8 Å². The van der Waals surface area contributed by atoms with E-state index in [9.17, 15) is 0 Å². The molecule has 0 heterocycles. The van der Waals surface area contributed by atoms with Crippen molar-refractivity contribution in [3.63, 3.8) is 0 Å². The Bertz CT molecular complexity index is 138. The van der Waals surface area contributed by atoms with Crippen LogP contribution in [0.25, 0.3) is 0 Å². The summed E-state index contributed by atoms with van der Waals surface area (Å²) in [5, 5.41) is 0. The Labute approximate surface area is 133 Å². The second-order valence-corrected chi connectivity index (χ2v) is 7.28. The molecule has 1 heteroatoms. The fraction of sp³-hybridized carbons (Fsp3) is 1.00. The van der Waals surface area contributed by atoms with Crippen molar-refractivity contribution in [2.24, 2.45) is 0 Å². The lowest BCUT2D eigenvalue weighted by atomic mass is 10.0. The Kier molecular flexibility index (Phi) is 19.7. The maximum Gasteiger partial charge on any atom is -0.00703 e. The fourth-order valence-corrected chi connectivity index (χ4v) is 3.29. The lowest BCUT2D eigenvalue weighted by molar-refractivity contribution is 0.532. The van der Waals surface area contributed by atoms with Gasteiger partial charge in [-0.15, -0.1) is 0 Å². The van der Waals surface area contributed by atoms with Crippen LogP contribution in [-0.2, 0) is 0 Å². The lowest BCUT2D eigenvalue weighted by Gasteiger charge is -2.03. The van der Waals surface area contributed by atoms with Crippen LogP contribution in [0.3, 0.4) is 0 Å². The minimum atomic E-state index is 1.36. The number of unbranched alkanes of at least 4 members (excludes halogenated alkanes) is 15. The van der Waals surface area contributed by atoms with Gasteiger partial charge in [0.05, 0.1) is 0 Å². The maximum absolute atomic E-state index is 2.30. The standard InChI is InChI=1S/C19H40S/c1-3-4-5-6-7-8-9-10-11-12-13-14-15-16-17-18-19-20-2/h3-19H2,1-2H3. The van der Waals surface area contributed by atoms with Gasteiger partial charge >= 0.3 is 0 Å². The molecule has 20 heavy (non-hydrogen) atoms. The molecule has 0 aliphatic heterocycles. The predicted octanol–water partition coefficient (Wildman–Crippen LogP) is 7.61. The zero-order valence-electron chi connectivity index (χ0n) is 14.4. The topological polar surface area (TPSA) is 0 Å². The molecule has 0 aromatic carbocycles. The Morgan fingerprint density at radius 3 is 1.05 bits per heavy atom. The summed E-state index contributed by atoms with van der Waals surface area (Å²) >= 11 is 1.99. The van der Waals surface area contributed by atoms with Crippen LogP contribution in [0.4, 0.5) is 0 Å². The molecule has 0 aromatic heterocycles. The number of rotatable bonds is 17. The van der Waals surface area contributed by atoms with Gasteiger partial charge in [0, 0.05) is 0 Å². The third-order valence-electron chi connectivity index (χ3n) is 4.20. The molecule has 0 radical (unpaired) electrons. The van der Waals surface area contributed by atoms with E-state index in [0.717, 1.165) is 0 Å². The molecule has 0 unspecified atom stereocenters. The van der Waals surface area contributed by atoms with E-state index in [4.69, 9.17) is 0 Å². The monoisotopic (exact) mass is 300 g/mol. The normalized spacial score (nSPS) is 11.1. The molecule has 0 atom stereocenters. The van der Waals surface area contributed by atoms with Gasteiger partial charge in [0.1, 0.15) is 0 Å². The zero-order chi connectivity index (χ0) is 14.7. The van der Waals surface area contributed by atoms with E-state index in [0.29, 0.717) is 0 Å². The first-order valence-corrected chi connectivity index (χ1v) is 10.8. The minimum Gasteiger partial charge on any atom is -0.165 e. The molecule has 0 spiro atoms. The number of hydrogen-bond acceptors (Lipinski definition) is 1. The number of hydrogen-bond donors (Lipinski definition) is 0. The highest BCUT2D eigenvalue weighted by molar-refractivity contribution is 7.98. The summed E-state index contributed by atoms with van der Waals surface area (Å²) in [5.74, 6) is 1.36. The Morgan fingerprint density at radius 1 is 0.450 bits per heavy atom. The summed E-state index contributed by atoms with van der Waals surface area (Å²) in [4.78, 5) is 0. The second kappa shape index (κ2) is 19.4. The largest absolute Gasteiger partial charge is 0.165 e. The molecule has 0 saturated heterocycles. The molecule has 0 aliphatic carbocycles. The van der Waals surface area contributed by atoms with E-state index in [1.165, 1.54) is 108 Å². The quantitative estimate of drug-likeness (QED) is 0.249. The van der Waals surface area contributed by atoms with E-state index in [1.54, 1.807) is 0 Å². The molecule has 0 nitrogen and oxygen atoms in total. The molecule has 0 bridgehead atoms. The Balaban J connectivity index is 2.89. The summed E-state index contributed by atoms with van der Waals surface area (Å²) in [6.07, 6.45) is 25.7. The van der Waals surface area contributed by atoms with Crippen molar-refractivity contribution in [2.45, 2.75) is 110 Å². The highest BCUT2D eigenvalue weighted by atomic mass is 32.2. The highest BCUT2D eigenvalue weighted by Crippen LogP contribution is 2.13.